The largest absolute Gasteiger partial charge is 0.365 e. The van der Waals surface area contributed by atoms with Gasteiger partial charge in [-0.25, -0.2) is 9.18 Å². The number of benzene rings is 2. The van der Waals surface area contributed by atoms with Gasteiger partial charge >= 0.3 is 6.03 Å². The Morgan fingerprint density at radius 1 is 1.16 bits per heavy atom. The summed E-state index contributed by atoms with van der Waals surface area (Å²) in [5.74, 6) is -1.01. The van der Waals surface area contributed by atoms with Crippen LogP contribution in [0.2, 0.25) is 0 Å². The maximum absolute atomic E-state index is 13.7. The van der Waals surface area contributed by atoms with E-state index < -0.39 is 5.91 Å². The second-order valence-corrected chi connectivity index (χ2v) is 7.71. The van der Waals surface area contributed by atoms with Gasteiger partial charge in [0.2, 0.25) is 0 Å². The molecule has 0 aliphatic carbocycles. The fourth-order valence-electron chi connectivity index (χ4n) is 3.81. The molecule has 4 rings (SSSR count). The van der Waals surface area contributed by atoms with Crippen LogP contribution in [-0.4, -0.2) is 33.2 Å². The summed E-state index contributed by atoms with van der Waals surface area (Å²) in [4.78, 5) is 26.7. The molecular weight excluding hydrogens is 411 g/mol. The molecule has 8 nitrogen and oxygen atoms in total. The molecular formula is C23H21FN6O2. The van der Waals surface area contributed by atoms with Gasteiger partial charge in [0.15, 0.2) is 0 Å². The first kappa shape index (κ1) is 21.1. The van der Waals surface area contributed by atoms with E-state index in [1.165, 1.54) is 6.07 Å². The lowest BCUT2D eigenvalue weighted by atomic mass is 10.0. The number of nitrogens with zero attached hydrogens (tertiary/aromatic N) is 4. The number of urea groups is 1. The molecule has 32 heavy (non-hydrogen) atoms. The third-order valence-corrected chi connectivity index (χ3v) is 5.54. The van der Waals surface area contributed by atoms with E-state index in [2.05, 4.69) is 16.5 Å². The fraction of sp³-hybridized carbons (Fsp3) is 0.217. The van der Waals surface area contributed by atoms with Crippen LogP contribution in [0.15, 0.2) is 36.4 Å². The zero-order chi connectivity index (χ0) is 23.0. The number of fused-ring (bicyclic) bond motifs is 1. The number of aromatic nitrogens is 2. The van der Waals surface area contributed by atoms with Gasteiger partial charge in [0.25, 0.3) is 5.91 Å². The van der Waals surface area contributed by atoms with Crippen molar-refractivity contribution in [2.24, 2.45) is 5.73 Å². The number of nitrogens with two attached hydrogens (primary N) is 1. The summed E-state index contributed by atoms with van der Waals surface area (Å²) in [6.45, 7) is 4.35. The van der Waals surface area contributed by atoms with Crippen LogP contribution >= 0.6 is 0 Å². The molecule has 0 saturated carbocycles. The van der Waals surface area contributed by atoms with Gasteiger partial charge in [-0.3, -0.25) is 9.48 Å². The lowest BCUT2D eigenvalue weighted by Crippen LogP contribution is -2.41. The smallest absolute Gasteiger partial charge is 0.322 e. The van der Waals surface area contributed by atoms with E-state index in [1.807, 2.05) is 0 Å². The van der Waals surface area contributed by atoms with Crippen LogP contribution in [-0.2, 0) is 13.1 Å². The number of carbonyl (C=O) groups is 2. The Kier molecular flexibility index (Phi) is 5.36. The molecule has 0 atom stereocenters. The molecule has 1 aromatic heterocycles. The Bertz CT molecular complexity index is 1290. The van der Waals surface area contributed by atoms with E-state index >= 15 is 0 Å². The number of hydrogen-bond donors (Lipinski definition) is 2. The van der Waals surface area contributed by atoms with Gasteiger partial charge in [-0.2, -0.15) is 10.4 Å². The van der Waals surface area contributed by atoms with Crippen molar-refractivity contribution in [1.29, 1.82) is 5.26 Å². The second-order valence-electron chi connectivity index (χ2n) is 7.71. The molecule has 0 saturated heterocycles. The Morgan fingerprint density at radius 3 is 2.59 bits per heavy atom. The summed E-state index contributed by atoms with van der Waals surface area (Å²) >= 11 is 0. The summed E-state index contributed by atoms with van der Waals surface area (Å²) in [5, 5.41) is 16.4. The number of carbonyl (C=O) groups excluding carboxylic acids is 2. The average molecular weight is 432 g/mol. The van der Waals surface area contributed by atoms with Crippen molar-refractivity contribution in [3.8, 4) is 17.3 Å². The molecule has 162 valence electrons. The number of anilines is 1. The Balaban J connectivity index is 1.61. The molecule has 0 fully saturated rings. The Labute approximate surface area is 184 Å². The van der Waals surface area contributed by atoms with Gasteiger partial charge in [0, 0.05) is 17.8 Å². The molecule has 1 aliphatic rings. The molecule has 3 N–H and O–H groups in total. The van der Waals surface area contributed by atoms with Crippen molar-refractivity contribution >= 4 is 17.6 Å². The number of halogens is 1. The van der Waals surface area contributed by atoms with Gasteiger partial charge < -0.3 is 16.0 Å². The van der Waals surface area contributed by atoms with Gasteiger partial charge in [-0.15, -0.1) is 0 Å². The van der Waals surface area contributed by atoms with Crippen molar-refractivity contribution in [3.05, 3.63) is 70.2 Å². The zero-order valence-electron chi connectivity index (χ0n) is 17.6. The minimum Gasteiger partial charge on any atom is -0.365 e. The van der Waals surface area contributed by atoms with E-state index in [1.54, 1.807) is 53.8 Å². The number of aryl methyl sites for hydroxylation is 2. The molecule has 0 unspecified atom stereocenters. The molecule has 3 aromatic rings. The number of nitriles is 1. The average Bonchev–Trinajstić information content (AvgIpc) is 3.14. The predicted octanol–water partition coefficient (Wildman–Crippen LogP) is 3.32. The number of amides is 3. The minimum atomic E-state index is -0.659. The SMILES string of the molecule is Cc1cc(-c2nn3c(c2C(N)=O)CN(C(=O)Nc2ccc(C#N)c(C)c2)CC3)ccc1F. The molecule has 0 radical (unpaired) electrons. The van der Waals surface area contributed by atoms with E-state index in [4.69, 9.17) is 11.0 Å². The molecule has 2 aromatic carbocycles. The number of nitrogens with one attached hydrogen (secondary N) is 1. The van der Waals surface area contributed by atoms with Crippen LogP contribution < -0.4 is 11.1 Å². The lowest BCUT2D eigenvalue weighted by molar-refractivity contribution is 0.0997. The van der Waals surface area contributed by atoms with Crippen LogP contribution in [0.1, 0.15) is 32.7 Å². The van der Waals surface area contributed by atoms with Crippen LogP contribution in [0.25, 0.3) is 11.3 Å². The molecule has 0 bridgehead atoms. The van der Waals surface area contributed by atoms with Crippen LogP contribution in [0.4, 0.5) is 14.9 Å². The molecule has 3 amide bonds. The Morgan fingerprint density at radius 2 is 1.94 bits per heavy atom. The monoisotopic (exact) mass is 432 g/mol. The van der Waals surface area contributed by atoms with Crippen LogP contribution in [0.3, 0.4) is 0 Å². The Hall–Kier alpha value is -4.19. The van der Waals surface area contributed by atoms with Gasteiger partial charge in [0.1, 0.15) is 11.5 Å². The first-order chi connectivity index (χ1) is 15.3. The third kappa shape index (κ3) is 3.78. The van der Waals surface area contributed by atoms with Crippen molar-refractivity contribution < 1.29 is 14.0 Å². The van der Waals surface area contributed by atoms with E-state index in [9.17, 15) is 14.0 Å². The molecule has 9 heteroatoms. The molecule has 1 aliphatic heterocycles. The highest BCUT2D eigenvalue weighted by molar-refractivity contribution is 6.00. The van der Waals surface area contributed by atoms with Gasteiger partial charge in [-0.1, -0.05) is 0 Å². The summed E-state index contributed by atoms with van der Waals surface area (Å²) in [5.41, 5.74) is 9.69. The van der Waals surface area contributed by atoms with Crippen LogP contribution in [0, 0.1) is 31.0 Å². The zero-order valence-corrected chi connectivity index (χ0v) is 17.6. The third-order valence-electron chi connectivity index (χ3n) is 5.54. The predicted molar refractivity (Wildman–Crippen MR) is 116 cm³/mol. The fourth-order valence-corrected chi connectivity index (χ4v) is 3.81. The summed E-state index contributed by atoms with van der Waals surface area (Å²) < 4.78 is 15.4. The highest BCUT2D eigenvalue weighted by atomic mass is 19.1. The number of rotatable bonds is 3. The summed E-state index contributed by atoms with van der Waals surface area (Å²) in [7, 11) is 0. The maximum atomic E-state index is 13.7. The van der Waals surface area contributed by atoms with Crippen LogP contribution in [0.5, 0.6) is 0 Å². The quantitative estimate of drug-likeness (QED) is 0.660. The standard InChI is InChI=1S/C23H21FN6O2/c1-13-10-17(5-3-16(13)11-25)27-23(32)29-7-8-30-19(12-29)20(22(26)31)21(28-30)15-4-6-18(24)14(2)9-15/h3-6,9-10H,7-8,12H2,1-2H3,(H2,26,31)(H,27,32). The van der Waals surface area contributed by atoms with Gasteiger partial charge in [-0.05, 0) is 61.4 Å². The lowest BCUT2D eigenvalue weighted by Gasteiger charge is -2.28. The molecule has 0 spiro atoms. The highest BCUT2D eigenvalue weighted by Crippen LogP contribution is 2.29. The normalized spacial score (nSPS) is 12.8. The van der Waals surface area contributed by atoms with E-state index in [0.29, 0.717) is 46.9 Å². The topological polar surface area (TPSA) is 117 Å². The van der Waals surface area contributed by atoms with Crippen molar-refractivity contribution in [2.45, 2.75) is 26.9 Å². The van der Waals surface area contributed by atoms with Crippen molar-refractivity contribution in [3.63, 3.8) is 0 Å². The van der Waals surface area contributed by atoms with E-state index in [-0.39, 0.29) is 24.0 Å². The summed E-state index contributed by atoms with van der Waals surface area (Å²) in [6.07, 6.45) is 0. The van der Waals surface area contributed by atoms with Gasteiger partial charge in [0.05, 0.1) is 36.0 Å². The number of primary amides is 1. The first-order valence-corrected chi connectivity index (χ1v) is 10.0. The maximum Gasteiger partial charge on any atom is 0.322 e. The number of hydrogen-bond acceptors (Lipinski definition) is 4. The second kappa shape index (κ2) is 8.15. The molecule has 2 heterocycles. The highest BCUT2D eigenvalue weighted by Gasteiger charge is 2.29. The van der Waals surface area contributed by atoms with E-state index in [0.717, 1.165) is 5.56 Å². The van der Waals surface area contributed by atoms with Crippen molar-refractivity contribution in [1.82, 2.24) is 14.7 Å². The summed E-state index contributed by atoms with van der Waals surface area (Å²) in [6, 6.07) is 11.3. The minimum absolute atomic E-state index is 0.145. The van der Waals surface area contributed by atoms with Crippen molar-refractivity contribution in [2.75, 3.05) is 11.9 Å². The first-order valence-electron chi connectivity index (χ1n) is 10.0.